The quantitative estimate of drug-likeness (QED) is 0.908. The molecule has 0 radical (unpaired) electrons. The molecule has 1 aliphatic rings. The molecule has 1 aromatic carbocycles. The summed E-state index contributed by atoms with van der Waals surface area (Å²) in [7, 11) is 0. The summed E-state index contributed by atoms with van der Waals surface area (Å²) in [5, 5.41) is 12.8. The highest BCUT2D eigenvalue weighted by Crippen LogP contribution is 2.38. The van der Waals surface area contributed by atoms with Crippen LogP contribution in [0.2, 0.25) is 0 Å². The fraction of sp³-hybridized carbons (Fsp3) is 0.462. The van der Waals surface area contributed by atoms with E-state index < -0.39 is 0 Å². The van der Waals surface area contributed by atoms with E-state index >= 15 is 0 Å². The largest absolute Gasteiger partial charge is 0.324 e. The van der Waals surface area contributed by atoms with Gasteiger partial charge in [0.05, 0.1) is 6.04 Å². The normalized spacial score (nSPS) is 16.5. The first kappa shape index (κ1) is 12.6. The zero-order valence-electron chi connectivity index (χ0n) is 10.9. The lowest BCUT2D eigenvalue weighted by Crippen LogP contribution is -2.08. The summed E-state index contributed by atoms with van der Waals surface area (Å²) in [5.74, 6) is 0. The molecule has 0 spiro atoms. The first-order chi connectivity index (χ1) is 9.28. The number of hydrogen-bond acceptors (Lipinski definition) is 5. The molecule has 2 aromatic rings. The highest BCUT2D eigenvalue weighted by molar-refractivity contribution is 7.99. The van der Waals surface area contributed by atoms with Crippen molar-refractivity contribution in [3.8, 4) is 0 Å². The maximum atomic E-state index is 6.01. The van der Waals surface area contributed by atoms with E-state index in [1.807, 2.05) is 4.68 Å². The van der Waals surface area contributed by atoms with Crippen LogP contribution in [0, 0.1) is 0 Å². The Balaban J connectivity index is 1.74. The minimum Gasteiger partial charge on any atom is -0.324 e. The maximum Gasteiger partial charge on any atom is 0.214 e. The lowest BCUT2D eigenvalue weighted by molar-refractivity contribution is 0.565. The summed E-state index contributed by atoms with van der Waals surface area (Å²) in [6.07, 6.45) is 3.32. The molecule has 1 heterocycles. The van der Waals surface area contributed by atoms with Crippen molar-refractivity contribution in [2.75, 3.05) is 0 Å². The summed E-state index contributed by atoms with van der Waals surface area (Å²) >= 11 is 1.60. The fourth-order valence-corrected chi connectivity index (χ4v) is 2.76. The number of tetrazole rings is 1. The van der Waals surface area contributed by atoms with Gasteiger partial charge in [0.1, 0.15) is 0 Å². The molecule has 100 valence electrons. The van der Waals surface area contributed by atoms with Crippen molar-refractivity contribution in [1.82, 2.24) is 20.2 Å². The molecular formula is C13H17N5S. The third-order valence-corrected chi connectivity index (χ3v) is 4.27. The van der Waals surface area contributed by atoms with Crippen molar-refractivity contribution >= 4 is 11.8 Å². The van der Waals surface area contributed by atoms with Crippen molar-refractivity contribution in [2.45, 2.75) is 48.3 Å². The second-order valence-electron chi connectivity index (χ2n) is 4.82. The molecule has 0 aliphatic heterocycles. The average molecular weight is 275 g/mol. The van der Waals surface area contributed by atoms with Crippen LogP contribution in [0.25, 0.3) is 0 Å². The topological polar surface area (TPSA) is 69.6 Å². The Labute approximate surface area is 116 Å². The van der Waals surface area contributed by atoms with E-state index in [1.54, 1.807) is 11.8 Å². The molecule has 1 saturated carbocycles. The smallest absolute Gasteiger partial charge is 0.214 e. The maximum absolute atomic E-state index is 6.01. The van der Waals surface area contributed by atoms with Gasteiger partial charge in [-0.25, -0.2) is 4.68 Å². The molecule has 3 rings (SSSR count). The number of nitrogens with zero attached hydrogens (tertiary/aromatic N) is 4. The first-order valence-electron chi connectivity index (χ1n) is 6.59. The van der Waals surface area contributed by atoms with E-state index in [1.165, 1.54) is 18.4 Å². The lowest BCUT2D eigenvalue weighted by Gasteiger charge is -2.09. The number of rotatable bonds is 5. The molecule has 0 amide bonds. The minimum atomic E-state index is 0.121. The van der Waals surface area contributed by atoms with Crippen LogP contribution in [0.1, 0.15) is 43.8 Å². The Morgan fingerprint density at radius 2 is 2.11 bits per heavy atom. The fourth-order valence-electron chi connectivity index (χ4n) is 1.93. The third-order valence-electron chi connectivity index (χ3n) is 3.31. The monoisotopic (exact) mass is 275 g/mol. The molecule has 1 fully saturated rings. The molecule has 1 atom stereocenters. The van der Waals surface area contributed by atoms with Crippen LogP contribution in [0.4, 0.5) is 0 Å². The van der Waals surface area contributed by atoms with Gasteiger partial charge in [0.15, 0.2) is 0 Å². The van der Waals surface area contributed by atoms with Gasteiger partial charge in [0, 0.05) is 10.9 Å². The van der Waals surface area contributed by atoms with Crippen molar-refractivity contribution in [3.05, 3.63) is 29.8 Å². The van der Waals surface area contributed by atoms with Gasteiger partial charge < -0.3 is 5.73 Å². The van der Waals surface area contributed by atoms with Crippen LogP contribution in [0.15, 0.2) is 34.3 Å². The number of aromatic nitrogens is 4. The first-order valence-corrected chi connectivity index (χ1v) is 7.41. The van der Waals surface area contributed by atoms with Crippen LogP contribution in [0.5, 0.6) is 0 Å². The van der Waals surface area contributed by atoms with E-state index in [-0.39, 0.29) is 6.04 Å². The molecule has 1 aliphatic carbocycles. The number of nitrogens with two attached hydrogens (primary N) is 1. The summed E-state index contributed by atoms with van der Waals surface area (Å²) < 4.78 is 1.93. The van der Waals surface area contributed by atoms with Crippen molar-refractivity contribution < 1.29 is 0 Å². The second-order valence-corrected chi connectivity index (χ2v) is 5.86. The predicted octanol–water partition coefficient (Wildman–Crippen LogP) is 2.57. The molecular weight excluding hydrogens is 258 g/mol. The van der Waals surface area contributed by atoms with Crippen LogP contribution in [-0.4, -0.2) is 20.2 Å². The van der Waals surface area contributed by atoms with Gasteiger partial charge in [-0.2, -0.15) is 0 Å². The molecule has 1 aromatic heterocycles. The summed E-state index contributed by atoms with van der Waals surface area (Å²) in [6, 6.07) is 8.97. The van der Waals surface area contributed by atoms with E-state index in [0.717, 1.165) is 16.5 Å². The summed E-state index contributed by atoms with van der Waals surface area (Å²) in [6.45, 7) is 2.09. The van der Waals surface area contributed by atoms with Crippen molar-refractivity contribution in [1.29, 1.82) is 0 Å². The highest BCUT2D eigenvalue weighted by atomic mass is 32.2. The standard InChI is InChI=1S/C13H17N5S/c1-2-12(14)9-3-7-11(8-4-9)19-13-15-16-17-18(13)10-5-6-10/h3-4,7-8,10,12H,2,5-6,14H2,1H3/t12-/m0/s1. The predicted molar refractivity (Wildman–Crippen MR) is 73.9 cm³/mol. The third kappa shape index (κ3) is 2.79. The SMILES string of the molecule is CC[C@H](N)c1ccc(Sc2nnnn2C2CC2)cc1. The number of benzene rings is 1. The van der Waals surface area contributed by atoms with Gasteiger partial charge in [-0.1, -0.05) is 19.1 Å². The van der Waals surface area contributed by atoms with E-state index in [9.17, 15) is 0 Å². The lowest BCUT2D eigenvalue weighted by atomic mass is 10.1. The Hall–Kier alpha value is -1.40. The Bertz CT molecular complexity index is 546. The van der Waals surface area contributed by atoms with Gasteiger partial charge in [0.25, 0.3) is 0 Å². The van der Waals surface area contributed by atoms with Crippen LogP contribution in [-0.2, 0) is 0 Å². The van der Waals surface area contributed by atoms with E-state index in [0.29, 0.717) is 6.04 Å². The van der Waals surface area contributed by atoms with E-state index in [4.69, 9.17) is 5.73 Å². The van der Waals surface area contributed by atoms with Gasteiger partial charge in [-0.3, -0.25) is 0 Å². The zero-order chi connectivity index (χ0) is 13.2. The van der Waals surface area contributed by atoms with E-state index in [2.05, 4.69) is 46.7 Å². The van der Waals surface area contributed by atoms with Gasteiger partial charge in [-0.05, 0) is 59.1 Å². The molecule has 0 unspecified atom stereocenters. The zero-order valence-corrected chi connectivity index (χ0v) is 11.7. The highest BCUT2D eigenvalue weighted by Gasteiger charge is 2.28. The molecule has 2 N–H and O–H groups in total. The molecule has 0 saturated heterocycles. The van der Waals surface area contributed by atoms with Gasteiger partial charge in [-0.15, -0.1) is 5.10 Å². The molecule has 19 heavy (non-hydrogen) atoms. The van der Waals surface area contributed by atoms with Crippen molar-refractivity contribution in [2.24, 2.45) is 5.73 Å². The van der Waals surface area contributed by atoms with Crippen LogP contribution in [0.3, 0.4) is 0 Å². The second kappa shape index (κ2) is 5.30. The van der Waals surface area contributed by atoms with Gasteiger partial charge >= 0.3 is 0 Å². The Kier molecular flexibility index (Phi) is 3.52. The Morgan fingerprint density at radius 1 is 1.37 bits per heavy atom. The average Bonchev–Trinajstić information content (AvgIpc) is 3.19. The molecule has 6 heteroatoms. The van der Waals surface area contributed by atoms with Crippen molar-refractivity contribution in [3.63, 3.8) is 0 Å². The van der Waals surface area contributed by atoms with Crippen LogP contribution < -0.4 is 5.73 Å². The van der Waals surface area contributed by atoms with Gasteiger partial charge in [0.2, 0.25) is 5.16 Å². The molecule has 0 bridgehead atoms. The minimum absolute atomic E-state index is 0.121. The summed E-state index contributed by atoms with van der Waals surface area (Å²) in [4.78, 5) is 1.14. The summed E-state index contributed by atoms with van der Waals surface area (Å²) in [5.41, 5.74) is 7.18. The number of hydrogen-bond donors (Lipinski definition) is 1. The molecule has 5 nitrogen and oxygen atoms in total. The Morgan fingerprint density at radius 3 is 2.74 bits per heavy atom. The van der Waals surface area contributed by atoms with Crippen LogP contribution >= 0.6 is 11.8 Å².